The summed E-state index contributed by atoms with van der Waals surface area (Å²) in [6.07, 6.45) is 1.62. The van der Waals surface area contributed by atoms with E-state index in [-0.39, 0.29) is 0 Å². The first kappa shape index (κ1) is 9.89. The lowest BCUT2D eigenvalue weighted by Gasteiger charge is -2.03. The monoisotopic (exact) mass is 230 g/mol. The highest BCUT2D eigenvalue weighted by Gasteiger charge is 2.32. The molecule has 2 heterocycles. The molecule has 1 aliphatic heterocycles. The number of hydrogen-bond donors (Lipinski definition) is 2. The Morgan fingerprint density at radius 2 is 2.06 bits per heavy atom. The molecule has 5 nitrogen and oxygen atoms in total. The summed E-state index contributed by atoms with van der Waals surface area (Å²) in [5.74, 6) is -0.514. The number of H-pyrrole nitrogens is 1. The summed E-state index contributed by atoms with van der Waals surface area (Å²) in [4.78, 5) is 25.3. The predicted molar refractivity (Wildman–Crippen MR) is 60.4 cm³/mol. The fraction of sp³-hybridized carbons (Fsp3) is 0.167. The molecule has 2 aromatic rings. The van der Waals surface area contributed by atoms with E-state index in [1.165, 1.54) is 0 Å². The minimum Gasteiger partial charge on any atom is -0.375 e. The van der Waals surface area contributed by atoms with E-state index in [2.05, 4.69) is 15.0 Å². The highest BCUT2D eigenvalue weighted by Crippen LogP contribution is 2.20. The maximum absolute atomic E-state index is 11.3. The molecule has 17 heavy (non-hydrogen) atoms. The summed E-state index contributed by atoms with van der Waals surface area (Å²) < 4.78 is 4.44. The molecule has 1 aromatic carbocycles. The van der Waals surface area contributed by atoms with Gasteiger partial charge in [0.05, 0.1) is 0 Å². The van der Waals surface area contributed by atoms with Crippen LogP contribution in [0.2, 0.25) is 0 Å². The number of para-hydroxylation sites is 1. The van der Waals surface area contributed by atoms with Crippen molar-refractivity contribution in [2.75, 3.05) is 0 Å². The number of hydrogen-bond acceptors (Lipinski definition) is 3. The molecule has 1 amide bonds. The third-order valence-electron chi connectivity index (χ3n) is 2.87. The summed E-state index contributed by atoms with van der Waals surface area (Å²) in [5, 5.41) is 3.54. The number of esters is 1. The van der Waals surface area contributed by atoms with Gasteiger partial charge in [-0.25, -0.2) is 9.59 Å². The van der Waals surface area contributed by atoms with Crippen LogP contribution in [-0.2, 0) is 16.0 Å². The van der Waals surface area contributed by atoms with Gasteiger partial charge in [-0.3, -0.25) is 0 Å². The van der Waals surface area contributed by atoms with Gasteiger partial charge in [-0.15, -0.1) is 0 Å². The van der Waals surface area contributed by atoms with Gasteiger partial charge < -0.3 is 15.0 Å². The van der Waals surface area contributed by atoms with Crippen molar-refractivity contribution in [3.05, 3.63) is 36.0 Å². The van der Waals surface area contributed by atoms with E-state index in [9.17, 15) is 9.59 Å². The highest BCUT2D eigenvalue weighted by molar-refractivity contribution is 5.96. The molecule has 0 saturated carbocycles. The minimum absolute atomic E-state index is 0.439. The van der Waals surface area contributed by atoms with Crippen molar-refractivity contribution >= 4 is 23.0 Å². The lowest BCUT2D eigenvalue weighted by atomic mass is 10.1. The van der Waals surface area contributed by atoms with Gasteiger partial charge in [-0.2, -0.15) is 0 Å². The van der Waals surface area contributed by atoms with Crippen LogP contribution >= 0.6 is 0 Å². The zero-order valence-corrected chi connectivity index (χ0v) is 8.90. The molecule has 86 valence electrons. The summed E-state index contributed by atoms with van der Waals surface area (Å²) in [5.41, 5.74) is 2.00. The topological polar surface area (TPSA) is 71.2 Å². The molecule has 5 heteroatoms. The molecule has 0 bridgehead atoms. The number of alkyl carbamates (subject to hydrolysis) is 1. The molecule has 1 saturated heterocycles. The van der Waals surface area contributed by atoms with Crippen molar-refractivity contribution in [1.82, 2.24) is 10.3 Å². The van der Waals surface area contributed by atoms with Crippen LogP contribution < -0.4 is 5.32 Å². The summed E-state index contributed by atoms with van der Waals surface area (Å²) in [6, 6.07) is 7.23. The van der Waals surface area contributed by atoms with Gasteiger partial charge in [0.1, 0.15) is 6.04 Å². The number of nitrogens with one attached hydrogen (secondary N) is 2. The van der Waals surface area contributed by atoms with Gasteiger partial charge in [-0.1, -0.05) is 18.2 Å². The van der Waals surface area contributed by atoms with Crippen LogP contribution in [0.5, 0.6) is 0 Å². The number of rotatable bonds is 2. The molecular weight excluding hydrogens is 220 g/mol. The zero-order valence-electron chi connectivity index (χ0n) is 8.90. The number of cyclic esters (lactones) is 2. The third-order valence-corrected chi connectivity index (χ3v) is 2.87. The van der Waals surface area contributed by atoms with Crippen LogP contribution in [0.3, 0.4) is 0 Å². The van der Waals surface area contributed by atoms with E-state index in [1.807, 2.05) is 30.5 Å². The van der Waals surface area contributed by atoms with E-state index < -0.39 is 18.1 Å². The number of fused-ring (bicyclic) bond motifs is 1. The average molecular weight is 230 g/mol. The predicted octanol–water partition coefficient (Wildman–Crippen LogP) is 1.35. The quantitative estimate of drug-likeness (QED) is 0.604. The van der Waals surface area contributed by atoms with Crippen molar-refractivity contribution in [3.8, 4) is 0 Å². The molecule has 1 unspecified atom stereocenters. The number of carbonyl (C=O) groups excluding carboxylic acids is 2. The van der Waals surface area contributed by atoms with Crippen LogP contribution in [0.15, 0.2) is 30.5 Å². The molecule has 2 N–H and O–H groups in total. The fourth-order valence-corrected chi connectivity index (χ4v) is 2.05. The number of aromatic nitrogens is 1. The Labute approximate surface area is 96.8 Å². The van der Waals surface area contributed by atoms with Gasteiger partial charge in [-0.05, 0) is 11.6 Å². The Bertz CT molecular complexity index is 603. The number of benzene rings is 1. The van der Waals surface area contributed by atoms with Crippen molar-refractivity contribution < 1.29 is 14.3 Å². The van der Waals surface area contributed by atoms with Crippen LogP contribution in [0.1, 0.15) is 5.56 Å². The second-order valence-electron chi connectivity index (χ2n) is 3.97. The van der Waals surface area contributed by atoms with Gasteiger partial charge in [0.15, 0.2) is 0 Å². The molecule has 1 atom stereocenters. The molecule has 1 aliphatic rings. The van der Waals surface area contributed by atoms with Crippen molar-refractivity contribution in [1.29, 1.82) is 0 Å². The molecule has 1 aromatic heterocycles. The van der Waals surface area contributed by atoms with Gasteiger partial charge in [0.25, 0.3) is 0 Å². The molecule has 3 rings (SSSR count). The van der Waals surface area contributed by atoms with E-state index in [1.54, 1.807) is 0 Å². The second kappa shape index (κ2) is 3.62. The van der Waals surface area contributed by atoms with Crippen molar-refractivity contribution in [2.24, 2.45) is 0 Å². The maximum atomic E-state index is 11.3. The first-order valence-electron chi connectivity index (χ1n) is 5.31. The summed E-state index contributed by atoms with van der Waals surface area (Å²) in [7, 11) is 0. The average Bonchev–Trinajstić information content (AvgIpc) is 2.85. The normalized spacial score (nSPS) is 19.4. The molecule has 1 fully saturated rings. The summed E-state index contributed by atoms with van der Waals surface area (Å²) >= 11 is 0. The SMILES string of the molecule is O=C1NC(Cc2c[nH]c3ccccc23)C(=O)O1. The van der Waals surface area contributed by atoms with Gasteiger partial charge >= 0.3 is 12.1 Å². The van der Waals surface area contributed by atoms with Crippen molar-refractivity contribution in [2.45, 2.75) is 12.5 Å². The fourth-order valence-electron chi connectivity index (χ4n) is 2.05. The molecule has 0 radical (unpaired) electrons. The molecule has 0 aliphatic carbocycles. The van der Waals surface area contributed by atoms with E-state index in [4.69, 9.17) is 0 Å². The molecular formula is C12H10N2O3. The zero-order chi connectivity index (χ0) is 11.8. The van der Waals surface area contributed by atoms with E-state index in [0.29, 0.717) is 6.42 Å². The maximum Gasteiger partial charge on any atom is 0.415 e. The molecule has 0 spiro atoms. The largest absolute Gasteiger partial charge is 0.415 e. The van der Waals surface area contributed by atoms with E-state index in [0.717, 1.165) is 16.5 Å². The smallest absolute Gasteiger partial charge is 0.375 e. The lowest BCUT2D eigenvalue weighted by Crippen LogP contribution is -2.30. The van der Waals surface area contributed by atoms with E-state index >= 15 is 0 Å². The van der Waals surface area contributed by atoms with Crippen molar-refractivity contribution in [3.63, 3.8) is 0 Å². The highest BCUT2D eigenvalue weighted by atomic mass is 16.6. The number of amides is 1. The number of aromatic amines is 1. The van der Waals surface area contributed by atoms with Gasteiger partial charge in [0, 0.05) is 23.5 Å². The summed E-state index contributed by atoms with van der Waals surface area (Å²) in [6.45, 7) is 0. The number of ether oxygens (including phenoxy) is 1. The van der Waals surface area contributed by atoms with Crippen LogP contribution in [0.25, 0.3) is 10.9 Å². The Morgan fingerprint density at radius 3 is 2.82 bits per heavy atom. The first-order valence-corrected chi connectivity index (χ1v) is 5.31. The minimum atomic E-state index is -0.667. The Hall–Kier alpha value is -2.30. The Balaban J connectivity index is 1.90. The standard InChI is InChI=1S/C12H10N2O3/c15-11-10(14-12(16)17-11)5-7-6-13-9-4-2-1-3-8(7)9/h1-4,6,10,13H,5H2,(H,14,16). The Kier molecular flexibility index (Phi) is 2.11. The number of carbonyl (C=O) groups is 2. The van der Waals surface area contributed by atoms with Gasteiger partial charge in [0.2, 0.25) is 0 Å². The lowest BCUT2D eigenvalue weighted by molar-refractivity contribution is -0.135. The van der Waals surface area contributed by atoms with Crippen LogP contribution in [0.4, 0.5) is 4.79 Å². The first-order chi connectivity index (χ1) is 8.24. The third kappa shape index (κ3) is 1.65. The van der Waals surface area contributed by atoms with Crippen LogP contribution in [0, 0.1) is 0 Å². The second-order valence-corrected chi connectivity index (χ2v) is 3.97. The van der Waals surface area contributed by atoms with Crippen LogP contribution in [-0.4, -0.2) is 23.1 Å². The Morgan fingerprint density at radius 1 is 1.24 bits per heavy atom.